The van der Waals surface area contributed by atoms with Crippen molar-refractivity contribution < 1.29 is 17.6 Å². The van der Waals surface area contributed by atoms with Gasteiger partial charge in [-0.25, -0.2) is 8.42 Å². The summed E-state index contributed by atoms with van der Waals surface area (Å²) in [5, 5.41) is 0. The first-order chi connectivity index (χ1) is 12.4. The van der Waals surface area contributed by atoms with E-state index < -0.39 is 10.0 Å². The third-order valence-electron chi connectivity index (χ3n) is 4.80. The molecule has 1 atom stereocenters. The molecule has 3 rings (SSSR count). The molecule has 8 heteroatoms. The lowest BCUT2D eigenvalue weighted by Gasteiger charge is -2.25. The summed E-state index contributed by atoms with van der Waals surface area (Å²) >= 11 is 1.19. The van der Waals surface area contributed by atoms with Crippen LogP contribution in [0.15, 0.2) is 39.2 Å². The average Bonchev–Trinajstić information content (AvgIpc) is 3.33. The van der Waals surface area contributed by atoms with Gasteiger partial charge in [-0.1, -0.05) is 6.42 Å². The molecule has 0 spiro atoms. The van der Waals surface area contributed by atoms with Gasteiger partial charge in [-0.15, -0.1) is 11.3 Å². The van der Waals surface area contributed by atoms with Gasteiger partial charge >= 0.3 is 0 Å². The number of nitrogens with zero attached hydrogens (tertiary/aromatic N) is 2. The summed E-state index contributed by atoms with van der Waals surface area (Å²) in [6.07, 6.45) is 4.66. The van der Waals surface area contributed by atoms with Crippen LogP contribution in [0, 0.1) is 0 Å². The summed E-state index contributed by atoms with van der Waals surface area (Å²) in [7, 11) is -1.71. The molecule has 0 radical (unpaired) electrons. The monoisotopic (exact) mass is 396 g/mol. The Hall–Kier alpha value is -1.64. The highest BCUT2D eigenvalue weighted by Gasteiger charge is 2.28. The summed E-state index contributed by atoms with van der Waals surface area (Å²) in [5.74, 6) is 0.651. The maximum atomic E-state index is 12.7. The Kier molecular flexibility index (Phi) is 5.84. The standard InChI is InChI=1S/C18H24N2O4S2/c1-14(16-7-6-12-24-16)19(2)17(21)13-15-8-9-18(25-15)26(22,23)20-10-4-3-5-11-20/h6-9,12,14H,3-5,10-11,13H2,1-2H3. The molecule has 0 bridgehead atoms. The van der Waals surface area contributed by atoms with E-state index in [4.69, 9.17) is 4.42 Å². The van der Waals surface area contributed by atoms with Crippen molar-refractivity contribution >= 4 is 27.3 Å². The fraction of sp³-hybridized carbons (Fsp3) is 0.500. The van der Waals surface area contributed by atoms with E-state index in [2.05, 4.69) is 0 Å². The Bertz CT molecular complexity index is 836. The second kappa shape index (κ2) is 7.94. The van der Waals surface area contributed by atoms with E-state index in [0.29, 0.717) is 17.3 Å². The van der Waals surface area contributed by atoms with Crippen molar-refractivity contribution in [3.8, 4) is 0 Å². The van der Waals surface area contributed by atoms with Gasteiger partial charge in [0.25, 0.3) is 10.0 Å². The summed E-state index contributed by atoms with van der Waals surface area (Å²) < 4.78 is 32.7. The SMILES string of the molecule is CC(c1ccco1)N(C)C(=O)Cc1ccc(S(=O)(=O)N2CCCCC2)s1. The summed E-state index contributed by atoms with van der Waals surface area (Å²) in [4.78, 5) is 14.9. The number of amides is 1. The average molecular weight is 397 g/mol. The molecule has 1 fully saturated rings. The Balaban J connectivity index is 1.67. The van der Waals surface area contributed by atoms with Crippen LogP contribution in [0.2, 0.25) is 0 Å². The quantitative estimate of drug-likeness (QED) is 0.751. The van der Waals surface area contributed by atoms with Crippen LogP contribution in [0.5, 0.6) is 0 Å². The molecule has 3 heterocycles. The van der Waals surface area contributed by atoms with Crippen LogP contribution in [-0.2, 0) is 21.2 Å². The zero-order chi connectivity index (χ0) is 18.7. The van der Waals surface area contributed by atoms with E-state index in [1.165, 1.54) is 11.3 Å². The molecule has 1 unspecified atom stereocenters. The zero-order valence-electron chi connectivity index (χ0n) is 15.1. The summed E-state index contributed by atoms with van der Waals surface area (Å²) in [5.41, 5.74) is 0. The number of sulfonamides is 1. The molecule has 0 N–H and O–H groups in total. The molecule has 0 aromatic carbocycles. The number of hydrogen-bond donors (Lipinski definition) is 0. The predicted molar refractivity (Wildman–Crippen MR) is 101 cm³/mol. The number of furan rings is 1. The normalized spacial score (nSPS) is 17.2. The lowest BCUT2D eigenvalue weighted by atomic mass is 10.2. The number of rotatable bonds is 6. The molecule has 26 heavy (non-hydrogen) atoms. The van der Waals surface area contributed by atoms with E-state index >= 15 is 0 Å². The van der Waals surface area contributed by atoms with Gasteiger partial charge < -0.3 is 9.32 Å². The molecule has 2 aromatic rings. The summed E-state index contributed by atoms with van der Waals surface area (Å²) in [6, 6.07) is 6.82. The molecule has 142 valence electrons. The van der Waals surface area contributed by atoms with Gasteiger partial charge in [0.2, 0.25) is 5.91 Å². The minimum absolute atomic E-state index is 0.0716. The molecular weight excluding hydrogens is 372 g/mol. The minimum atomic E-state index is -3.44. The Morgan fingerprint density at radius 1 is 1.27 bits per heavy atom. The molecule has 6 nitrogen and oxygen atoms in total. The number of piperidine rings is 1. The highest BCUT2D eigenvalue weighted by atomic mass is 32.2. The van der Waals surface area contributed by atoms with Crippen LogP contribution in [-0.4, -0.2) is 43.7 Å². The molecule has 0 saturated carbocycles. The van der Waals surface area contributed by atoms with Gasteiger partial charge in [0.15, 0.2) is 0 Å². The molecule has 1 aliphatic heterocycles. The lowest BCUT2D eigenvalue weighted by Crippen LogP contribution is -2.35. The number of hydrogen-bond acceptors (Lipinski definition) is 5. The van der Waals surface area contributed by atoms with Gasteiger partial charge in [0, 0.05) is 25.0 Å². The molecule has 1 amide bonds. The highest BCUT2D eigenvalue weighted by molar-refractivity contribution is 7.91. The molecule has 1 aliphatic rings. The summed E-state index contributed by atoms with van der Waals surface area (Å²) in [6.45, 7) is 3.06. The van der Waals surface area contributed by atoms with Crippen molar-refractivity contribution in [3.63, 3.8) is 0 Å². The second-order valence-corrected chi connectivity index (χ2v) is 9.89. The van der Waals surface area contributed by atoms with E-state index in [-0.39, 0.29) is 18.4 Å². The second-order valence-electron chi connectivity index (χ2n) is 6.56. The Morgan fingerprint density at radius 3 is 2.65 bits per heavy atom. The van der Waals surface area contributed by atoms with Crippen LogP contribution in [0.25, 0.3) is 0 Å². The third kappa shape index (κ3) is 4.02. The fourth-order valence-electron chi connectivity index (χ4n) is 3.03. The van der Waals surface area contributed by atoms with Crippen molar-refractivity contribution in [3.05, 3.63) is 41.2 Å². The van der Waals surface area contributed by atoms with E-state index in [1.54, 1.807) is 40.7 Å². The third-order valence-corrected chi connectivity index (χ3v) is 8.25. The van der Waals surface area contributed by atoms with E-state index in [1.807, 2.05) is 13.0 Å². The maximum Gasteiger partial charge on any atom is 0.252 e. The van der Waals surface area contributed by atoms with E-state index in [9.17, 15) is 13.2 Å². The number of carbonyl (C=O) groups is 1. The van der Waals surface area contributed by atoms with Gasteiger partial charge in [0.05, 0.1) is 18.7 Å². The molecule has 1 saturated heterocycles. The Labute approximate surface area is 158 Å². The van der Waals surface area contributed by atoms with Crippen molar-refractivity contribution in [1.29, 1.82) is 0 Å². The van der Waals surface area contributed by atoms with Crippen LogP contribution < -0.4 is 0 Å². The topological polar surface area (TPSA) is 70.8 Å². The van der Waals surface area contributed by atoms with Crippen molar-refractivity contribution in [2.45, 2.75) is 42.9 Å². The first-order valence-electron chi connectivity index (χ1n) is 8.77. The minimum Gasteiger partial charge on any atom is -0.467 e. The maximum absolute atomic E-state index is 12.7. The van der Waals surface area contributed by atoms with Crippen molar-refractivity contribution in [2.24, 2.45) is 0 Å². The first kappa shape index (κ1) is 19.1. The van der Waals surface area contributed by atoms with Crippen LogP contribution >= 0.6 is 11.3 Å². The first-order valence-corrected chi connectivity index (χ1v) is 11.0. The highest BCUT2D eigenvalue weighted by Crippen LogP contribution is 2.28. The number of carbonyl (C=O) groups excluding carboxylic acids is 1. The fourth-order valence-corrected chi connectivity index (χ4v) is 6.05. The van der Waals surface area contributed by atoms with Gasteiger partial charge in [-0.3, -0.25) is 4.79 Å². The molecular formula is C18H24N2O4S2. The largest absolute Gasteiger partial charge is 0.467 e. The van der Waals surface area contributed by atoms with Gasteiger partial charge in [-0.05, 0) is 44.0 Å². The van der Waals surface area contributed by atoms with Crippen molar-refractivity contribution in [2.75, 3.05) is 20.1 Å². The molecule has 0 aliphatic carbocycles. The predicted octanol–water partition coefficient (Wildman–Crippen LogP) is 3.28. The van der Waals surface area contributed by atoms with Gasteiger partial charge in [0.1, 0.15) is 9.97 Å². The zero-order valence-corrected chi connectivity index (χ0v) is 16.7. The van der Waals surface area contributed by atoms with Gasteiger partial charge in [-0.2, -0.15) is 4.31 Å². The van der Waals surface area contributed by atoms with E-state index in [0.717, 1.165) is 29.9 Å². The number of likely N-dealkylation sites (N-methyl/N-ethyl adjacent to an activating group) is 1. The van der Waals surface area contributed by atoms with Crippen LogP contribution in [0.4, 0.5) is 0 Å². The lowest BCUT2D eigenvalue weighted by molar-refractivity contribution is -0.131. The van der Waals surface area contributed by atoms with Crippen molar-refractivity contribution in [1.82, 2.24) is 9.21 Å². The Morgan fingerprint density at radius 2 is 2.00 bits per heavy atom. The smallest absolute Gasteiger partial charge is 0.252 e. The van der Waals surface area contributed by atoms with Crippen LogP contribution in [0.1, 0.15) is 42.9 Å². The van der Waals surface area contributed by atoms with Crippen LogP contribution in [0.3, 0.4) is 0 Å². The number of thiophene rings is 1. The molecule has 2 aromatic heterocycles.